The Bertz CT molecular complexity index is 721. The second-order valence-corrected chi connectivity index (χ2v) is 7.54. The molecule has 0 aliphatic rings. The van der Waals surface area contributed by atoms with Gasteiger partial charge in [-0.3, -0.25) is 4.31 Å². The molecule has 3 nitrogen and oxygen atoms in total. The van der Waals surface area contributed by atoms with Crippen LogP contribution in [0.3, 0.4) is 0 Å². The summed E-state index contributed by atoms with van der Waals surface area (Å²) < 4.78 is 27.2. The first kappa shape index (κ1) is 15.1. The third-order valence-corrected chi connectivity index (χ3v) is 5.84. The normalized spacial score (nSPS) is 11.4. The lowest BCUT2D eigenvalue weighted by Gasteiger charge is -2.21. The van der Waals surface area contributed by atoms with Gasteiger partial charge in [-0.05, 0) is 65.2 Å². The molecule has 0 N–H and O–H groups in total. The number of hydrogen-bond donors (Lipinski definition) is 0. The topological polar surface area (TPSA) is 37.4 Å². The zero-order valence-electron chi connectivity index (χ0n) is 11.6. The van der Waals surface area contributed by atoms with Crippen molar-refractivity contribution < 1.29 is 8.42 Å². The Labute approximate surface area is 128 Å². The molecule has 2 rings (SSSR count). The van der Waals surface area contributed by atoms with Crippen LogP contribution in [0.2, 0.25) is 0 Å². The number of anilines is 1. The predicted octanol–water partition coefficient (Wildman–Crippen LogP) is 3.89. The maximum Gasteiger partial charge on any atom is 0.265 e. The molecule has 0 aromatic heterocycles. The number of nitrogens with zero attached hydrogens (tertiary/aromatic N) is 1. The molecule has 0 heterocycles. The Hall–Kier alpha value is -1.33. The zero-order chi connectivity index (χ0) is 14.9. The first-order valence-electron chi connectivity index (χ1n) is 6.14. The number of benzene rings is 2. The van der Waals surface area contributed by atoms with Crippen LogP contribution in [0.15, 0.2) is 51.8 Å². The minimum Gasteiger partial charge on any atom is -0.269 e. The van der Waals surface area contributed by atoms with Gasteiger partial charge in [0.25, 0.3) is 10.0 Å². The van der Waals surface area contributed by atoms with Crippen LogP contribution in [-0.2, 0) is 10.0 Å². The van der Waals surface area contributed by atoms with Crippen molar-refractivity contribution in [3.8, 4) is 0 Å². The van der Waals surface area contributed by atoms with E-state index < -0.39 is 10.0 Å². The molecule has 0 aliphatic heterocycles. The molecule has 0 radical (unpaired) electrons. The number of sulfonamides is 1. The Morgan fingerprint density at radius 2 is 1.55 bits per heavy atom. The van der Waals surface area contributed by atoms with Gasteiger partial charge in [0.05, 0.1) is 5.69 Å². The Kier molecular flexibility index (Phi) is 4.20. The smallest absolute Gasteiger partial charge is 0.265 e. The van der Waals surface area contributed by atoms with Crippen LogP contribution in [-0.4, -0.2) is 15.5 Å². The lowest BCUT2D eigenvalue weighted by molar-refractivity contribution is 0.594. The zero-order valence-corrected chi connectivity index (χ0v) is 14.0. The summed E-state index contributed by atoms with van der Waals surface area (Å²) in [5.74, 6) is 0. The van der Waals surface area contributed by atoms with Gasteiger partial charge in [-0.15, -0.1) is 0 Å². The summed E-state index contributed by atoms with van der Waals surface area (Å²) in [6, 6.07) is 12.6. The van der Waals surface area contributed by atoms with E-state index in [4.69, 9.17) is 0 Å². The Morgan fingerprint density at radius 1 is 1.00 bits per heavy atom. The number of hydrogen-bond acceptors (Lipinski definition) is 2. The summed E-state index contributed by atoms with van der Waals surface area (Å²) >= 11 is 3.30. The highest BCUT2D eigenvalue weighted by atomic mass is 79.9. The van der Waals surface area contributed by atoms with Crippen molar-refractivity contribution in [3.05, 3.63) is 58.1 Å². The van der Waals surface area contributed by atoms with Gasteiger partial charge in [-0.25, -0.2) is 8.42 Å². The van der Waals surface area contributed by atoms with Crippen molar-refractivity contribution in [3.63, 3.8) is 0 Å². The highest BCUT2D eigenvalue weighted by Gasteiger charge is 2.23. The number of halogens is 1. The maximum atomic E-state index is 12.7. The molecule has 0 saturated heterocycles. The first-order chi connectivity index (χ1) is 9.32. The van der Waals surface area contributed by atoms with Crippen molar-refractivity contribution in [2.24, 2.45) is 0 Å². The van der Waals surface area contributed by atoms with E-state index in [0.29, 0.717) is 10.2 Å². The van der Waals surface area contributed by atoms with Gasteiger partial charge < -0.3 is 0 Å². The second-order valence-electron chi connectivity index (χ2n) is 4.75. The molecular formula is C15H16BrNO2S. The summed E-state index contributed by atoms with van der Waals surface area (Å²) in [4.78, 5) is 0.265. The average molecular weight is 354 g/mol. The molecular weight excluding hydrogens is 338 g/mol. The minimum atomic E-state index is -3.57. The fraction of sp³-hybridized carbons (Fsp3) is 0.200. The maximum absolute atomic E-state index is 12.7. The largest absolute Gasteiger partial charge is 0.269 e. The molecule has 0 saturated carbocycles. The quantitative estimate of drug-likeness (QED) is 0.839. The molecule has 0 amide bonds. The van der Waals surface area contributed by atoms with Crippen molar-refractivity contribution in [2.75, 3.05) is 11.4 Å². The standard InChI is InChI=1S/C15H16BrNO2S/c1-11-8-12(2)10-13(9-11)17(3)20(18,19)15-7-5-4-6-14(15)16/h4-10H,1-3H3. The van der Waals surface area contributed by atoms with E-state index in [-0.39, 0.29) is 4.90 Å². The van der Waals surface area contributed by atoms with Crippen LogP contribution in [0.4, 0.5) is 5.69 Å². The van der Waals surface area contributed by atoms with E-state index in [1.165, 1.54) is 4.31 Å². The van der Waals surface area contributed by atoms with Gasteiger partial charge in [-0.1, -0.05) is 18.2 Å². The summed E-state index contributed by atoms with van der Waals surface area (Å²) in [7, 11) is -2.00. The third kappa shape index (κ3) is 2.88. The van der Waals surface area contributed by atoms with Crippen molar-refractivity contribution in [1.29, 1.82) is 0 Å². The predicted molar refractivity (Wildman–Crippen MR) is 85.6 cm³/mol. The summed E-state index contributed by atoms with van der Waals surface area (Å²) in [5.41, 5.74) is 2.74. The first-order valence-corrected chi connectivity index (χ1v) is 8.37. The van der Waals surface area contributed by atoms with Crippen molar-refractivity contribution in [2.45, 2.75) is 18.7 Å². The van der Waals surface area contributed by atoms with E-state index in [1.54, 1.807) is 31.3 Å². The molecule has 0 fully saturated rings. The van der Waals surface area contributed by atoms with Gasteiger partial charge >= 0.3 is 0 Å². The van der Waals surface area contributed by atoms with Crippen molar-refractivity contribution >= 4 is 31.6 Å². The highest BCUT2D eigenvalue weighted by molar-refractivity contribution is 9.10. The molecule has 5 heteroatoms. The molecule has 106 valence electrons. The van der Waals surface area contributed by atoms with Crippen LogP contribution < -0.4 is 4.31 Å². The van der Waals surface area contributed by atoms with Crippen LogP contribution in [0, 0.1) is 13.8 Å². The molecule has 0 atom stereocenters. The van der Waals surface area contributed by atoms with Gasteiger partial charge in [-0.2, -0.15) is 0 Å². The Morgan fingerprint density at radius 3 is 2.10 bits per heavy atom. The number of aryl methyl sites for hydroxylation is 2. The second kappa shape index (κ2) is 5.58. The molecule has 0 aliphatic carbocycles. The highest BCUT2D eigenvalue weighted by Crippen LogP contribution is 2.28. The summed E-state index contributed by atoms with van der Waals surface area (Å²) in [6.07, 6.45) is 0. The Balaban J connectivity index is 2.52. The van der Waals surface area contributed by atoms with Crippen LogP contribution >= 0.6 is 15.9 Å². The van der Waals surface area contributed by atoms with E-state index in [9.17, 15) is 8.42 Å². The van der Waals surface area contributed by atoms with Gasteiger partial charge in [0.2, 0.25) is 0 Å². The van der Waals surface area contributed by atoms with Crippen molar-refractivity contribution in [1.82, 2.24) is 0 Å². The van der Waals surface area contributed by atoms with Crippen LogP contribution in [0.25, 0.3) is 0 Å². The van der Waals surface area contributed by atoms with E-state index >= 15 is 0 Å². The molecule has 2 aromatic carbocycles. The summed E-state index contributed by atoms with van der Waals surface area (Å²) in [5, 5.41) is 0. The SMILES string of the molecule is Cc1cc(C)cc(N(C)S(=O)(=O)c2ccccc2Br)c1. The average Bonchev–Trinajstić information content (AvgIpc) is 2.37. The lowest BCUT2D eigenvalue weighted by Crippen LogP contribution is -2.27. The van der Waals surface area contributed by atoms with Crippen LogP contribution in [0.1, 0.15) is 11.1 Å². The molecule has 20 heavy (non-hydrogen) atoms. The fourth-order valence-corrected chi connectivity index (χ4v) is 4.21. The fourth-order valence-electron chi connectivity index (χ4n) is 2.07. The monoisotopic (exact) mass is 353 g/mol. The minimum absolute atomic E-state index is 0.265. The van der Waals surface area contributed by atoms with E-state index in [1.807, 2.05) is 32.0 Å². The van der Waals surface area contributed by atoms with Gasteiger partial charge in [0.15, 0.2) is 0 Å². The molecule has 0 unspecified atom stereocenters. The van der Waals surface area contributed by atoms with E-state index in [2.05, 4.69) is 15.9 Å². The van der Waals surface area contributed by atoms with Gasteiger partial charge in [0.1, 0.15) is 4.90 Å². The van der Waals surface area contributed by atoms with Gasteiger partial charge in [0, 0.05) is 11.5 Å². The van der Waals surface area contributed by atoms with Crippen LogP contribution in [0.5, 0.6) is 0 Å². The lowest BCUT2D eigenvalue weighted by atomic mass is 10.1. The summed E-state index contributed by atoms with van der Waals surface area (Å²) in [6.45, 7) is 3.91. The number of rotatable bonds is 3. The molecule has 0 spiro atoms. The van der Waals surface area contributed by atoms with E-state index in [0.717, 1.165) is 11.1 Å². The molecule has 2 aromatic rings. The third-order valence-electron chi connectivity index (χ3n) is 3.05. The molecule has 0 bridgehead atoms.